The maximum Gasteiger partial charge on any atom is 0.229 e. The van der Waals surface area contributed by atoms with E-state index in [0.717, 1.165) is 0 Å². The van der Waals surface area contributed by atoms with Gasteiger partial charge in [0.15, 0.2) is 0 Å². The van der Waals surface area contributed by atoms with Crippen LogP contribution in [0.15, 0.2) is 12.3 Å². The highest BCUT2D eigenvalue weighted by Gasteiger charge is 2.10. The standard InChI is InChI=1S/C10H15N3O2/c1-6(2)9(15)13-10-11-5-4-8(12-10)7(3)14/h4-7,14H,1-3H3,(H,11,12,13,15). The van der Waals surface area contributed by atoms with Crippen LogP contribution in [0.5, 0.6) is 0 Å². The minimum atomic E-state index is -0.664. The lowest BCUT2D eigenvalue weighted by atomic mass is 10.2. The van der Waals surface area contributed by atoms with Crippen LogP contribution in [0.2, 0.25) is 0 Å². The lowest BCUT2D eigenvalue weighted by Gasteiger charge is -2.08. The first-order valence-electron chi connectivity index (χ1n) is 4.82. The van der Waals surface area contributed by atoms with Gasteiger partial charge in [0, 0.05) is 12.1 Å². The van der Waals surface area contributed by atoms with Gasteiger partial charge in [0.2, 0.25) is 11.9 Å². The highest BCUT2D eigenvalue weighted by atomic mass is 16.3. The Labute approximate surface area is 88.6 Å². The fourth-order valence-electron chi connectivity index (χ4n) is 0.920. The summed E-state index contributed by atoms with van der Waals surface area (Å²) in [5.74, 6) is -0.0337. The summed E-state index contributed by atoms with van der Waals surface area (Å²) < 4.78 is 0. The topological polar surface area (TPSA) is 75.1 Å². The van der Waals surface area contributed by atoms with E-state index in [1.165, 1.54) is 6.20 Å². The minimum Gasteiger partial charge on any atom is -0.387 e. The molecule has 5 heteroatoms. The van der Waals surface area contributed by atoms with Gasteiger partial charge in [-0.15, -0.1) is 0 Å². The summed E-state index contributed by atoms with van der Waals surface area (Å²) in [5, 5.41) is 11.9. The van der Waals surface area contributed by atoms with E-state index in [2.05, 4.69) is 15.3 Å². The molecule has 15 heavy (non-hydrogen) atoms. The Morgan fingerprint density at radius 1 is 1.47 bits per heavy atom. The van der Waals surface area contributed by atoms with Gasteiger partial charge in [-0.05, 0) is 13.0 Å². The Bertz CT molecular complexity index is 350. The van der Waals surface area contributed by atoms with Gasteiger partial charge in [-0.25, -0.2) is 9.97 Å². The Kier molecular flexibility index (Phi) is 3.74. The third-order valence-corrected chi connectivity index (χ3v) is 1.86. The normalized spacial score (nSPS) is 12.6. The van der Waals surface area contributed by atoms with Crippen LogP contribution in [0.1, 0.15) is 32.6 Å². The molecule has 1 heterocycles. The molecule has 1 aromatic rings. The van der Waals surface area contributed by atoms with Gasteiger partial charge in [-0.2, -0.15) is 0 Å². The third-order valence-electron chi connectivity index (χ3n) is 1.86. The van der Waals surface area contributed by atoms with Crippen LogP contribution in [0, 0.1) is 5.92 Å². The third kappa shape index (κ3) is 3.28. The van der Waals surface area contributed by atoms with Crippen molar-refractivity contribution in [2.45, 2.75) is 26.9 Å². The van der Waals surface area contributed by atoms with Crippen LogP contribution < -0.4 is 5.32 Å². The Morgan fingerprint density at radius 3 is 2.67 bits per heavy atom. The molecule has 2 N–H and O–H groups in total. The number of rotatable bonds is 3. The number of hydrogen-bond donors (Lipinski definition) is 2. The first-order valence-corrected chi connectivity index (χ1v) is 4.82. The molecule has 0 aromatic carbocycles. The van der Waals surface area contributed by atoms with Crippen LogP contribution >= 0.6 is 0 Å². The van der Waals surface area contributed by atoms with Gasteiger partial charge in [0.05, 0.1) is 11.8 Å². The van der Waals surface area contributed by atoms with Crippen molar-refractivity contribution in [3.63, 3.8) is 0 Å². The van der Waals surface area contributed by atoms with Crippen molar-refractivity contribution in [3.8, 4) is 0 Å². The molecule has 0 aliphatic carbocycles. The molecule has 1 unspecified atom stereocenters. The number of aliphatic hydroxyl groups is 1. The number of amides is 1. The second kappa shape index (κ2) is 4.84. The average molecular weight is 209 g/mol. The minimum absolute atomic E-state index is 0.121. The van der Waals surface area contributed by atoms with E-state index in [0.29, 0.717) is 5.69 Å². The molecule has 0 saturated carbocycles. The Morgan fingerprint density at radius 2 is 2.13 bits per heavy atom. The van der Waals surface area contributed by atoms with Gasteiger partial charge in [0.1, 0.15) is 0 Å². The maximum atomic E-state index is 11.3. The summed E-state index contributed by atoms with van der Waals surface area (Å²) in [6.07, 6.45) is 0.841. The van der Waals surface area contributed by atoms with E-state index < -0.39 is 6.10 Å². The Hall–Kier alpha value is -1.49. The molecule has 1 aromatic heterocycles. The van der Waals surface area contributed by atoms with E-state index in [1.54, 1.807) is 26.8 Å². The van der Waals surface area contributed by atoms with Crippen molar-refractivity contribution in [2.75, 3.05) is 5.32 Å². The monoisotopic (exact) mass is 209 g/mol. The molecule has 0 bridgehead atoms. The van der Waals surface area contributed by atoms with E-state index >= 15 is 0 Å². The number of aliphatic hydroxyl groups excluding tert-OH is 1. The fourth-order valence-corrected chi connectivity index (χ4v) is 0.920. The van der Waals surface area contributed by atoms with Crippen molar-refractivity contribution >= 4 is 11.9 Å². The van der Waals surface area contributed by atoms with Gasteiger partial charge >= 0.3 is 0 Å². The van der Waals surface area contributed by atoms with Crippen molar-refractivity contribution < 1.29 is 9.90 Å². The summed E-state index contributed by atoms with van der Waals surface area (Å²) in [6.45, 7) is 5.18. The van der Waals surface area contributed by atoms with Crippen molar-refractivity contribution in [3.05, 3.63) is 18.0 Å². The summed E-state index contributed by atoms with van der Waals surface area (Å²) in [7, 11) is 0. The molecule has 1 amide bonds. The molecule has 5 nitrogen and oxygen atoms in total. The molecule has 1 atom stereocenters. The van der Waals surface area contributed by atoms with Crippen molar-refractivity contribution in [1.29, 1.82) is 0 Å². The smallest absolute Gasteiger partial charge is 0.229 e. The predicted molar refractivity (Wildman–Crippen MR) is 56.1 cm³/mol. The quantitative estimate of drug-likeness (QED) is 0.782. The number of aromatic nitrogens is 2. The van der Waals surface area contributed by atoms with E-state index in [9.17, 15) is 9.90 Å². The zero-order chi connectivity index (χ0) is 11.4. The maximum absolute atomic E-state index is 11.3. The largest absolute Gasteiger partial charge is 0.387 e. The van der Waals surface area contributed by atoms with E-state index in [1.807, 2.05) is 0 Å². The molecule has 0 saturated heterocycles. The van der Waals surface area contributed by atoms with Crippen LogP contribution in [0.4, 0.5) is 5.95 Å². The Balaban J connectivity index is 2.78. The average Bonchev–Trinajstić information content (AvgIpc) is 2.18. The summed E-state index contributed by atoms with van der Waals surface area (Å²) >= 11 is 0. The molecule has 0 aliphatic heterocycles. The van der Waals surface area contributed by atoms with E-state index in [-0.39, 0.29) is 17.8 Å². The van der Waals surface area contributed by atoms with Gasteiger partial charge < -0.3 is 5.11 Å². The highest BCUT2D eigenvalue weighted by Crippen LogP contribution is 2.10. The fraction of sp³-hybridized carbons (Fsp3) is 0.500. The van der Waals surface area contributed by atoms with Crippen molar-refractivity contribution in [1.82, 2.24) is 9.97 Å². The molecule has 0 spiro atoms. The highest BCUT2D eigenvalue weighted by molar-refractivity contribution is 5.90. The second-order valence-corrected chi connectivity index (χ2v) is 3.63. The van der Waals surface area contributed by atoms with Crippen molar-refractivity contribution in [2.24, 2.45) is 5.92 Å². The molecular weight excluding hydrogens is 194 g/mol. The first-order chi connectivity index (χ1) is 7.00. The summed E-state index contributed by atoms with van der Waals surface area (Å²) in [4.78, 5) is 19.2. The molecule has 82 valence electrons. The lowest BCUT2D eigenvalue weighted by molar-refractivity contribution is -0.118. The number of anilines is 1. The number of nitrogens with zero attached hydrogens (tertiary/aromatic N) is 2. The molecule has 0 aliphatic rings. The molecule has 0 fully saturated rings. The van der Waals surface area contributed by atoms with Gasteiger partial charge in [-0.1, -0.05) is 13.8 Å². The molecular formula is C10H15N3O2. The second-order valence-electron chi connectivity index (χ2n) is 3.63. The number of carbonyl (C=O) groups is 1. The summed E-state index contributed by atoms with van der Waals surface area (Å²) in [5.41, 5.74) is 0.490. The number of nitrogens with one attached hydrogen (secondary N) is 1. The van der Waals surface area contributed by atoms with Crippen LogP contribution in [0.25, 0.3) is 0 Å². The number of hydrogen-bond acceptors (Lipinski definition) is 4. The van der Waals surface area contributed by atoms with Crippen LogP contribution in [-0.2, 0) is 4.79 Å². The summed E-state index contributed by atoms with van der Waals surface area (Å²) in [6, 6.07) is 1.61. The first kappa shape index (κ1) is 11.6. The SMILES string of the molecule is CC(C)C(=O)Nc1nccc(C(C)O)n1. The number of carbonyl (C=O) groups excluding carboxylic acids is 1. The van der Waals surface area contributed by atoms with Gasteiger partial charge in [-0.3, -0.25) is 10.1 Å². The van der Waals surface area contributed by atoms with Crippen LogP contribution in [0.3, 0.4) is 0 Å². The van der Waals surface area contributed by atoms with E-state index in [4.69, 9.17) is 0 Å². The molecule has 0 radical (unpaired) electrons. The van der Waals surface area contributed by atoms with Crippen LogP contribution in [-0.4, -0.2) is 21.0 Å². The van der Waals surface area contributed by atoms with Gasteiger partial charge in [0.25, 0.3) is 0 Å². The predicted octanol–water partition coefficient (Wildman–Crippen LogP) is 1.12. The lowest BCUT2D eigenvalue weighted by Crippen LogP contribution is -2.19. The zero-order valence-corrected chi connectivity index (χ0v) is 9.06. The zero-order valence-electron chi connectivity index (χ0n) is 9.06. The molecule has 1 rings (SSSR count).